The average Bonchev–Trinajstić information content (AvgIpc) is 3.35. The fourth-order valence-corrected chi connectivity index (χ4v) is 4.85. The van der Waals surface area contributed by atoms with Gasteiger partial charge in [-0.25, -0.2) is 0 Å². The van der Waals surface area contributed by atoms with Gasteiger partial charge in [-0.15, -0.1) is 0 Å². The zero-order valence-corrected chi connectivity index (χ0v) is 14.2. The van der Waals surface area contributed by atoms with Crippen LogP contribution in [0, 0.1) is 5.41 Å². The number of likely N-dealkylation sites (tertiary alicyclic amines) is 2. The second kappa shape index (κ2) is 6.26. The topological polar surface area (TPSA) is 53.8 Å². The number of hydrogen-bond donors (Lipinski definition) is 0. The Labute approximate surface area is 143 Å². The maximum Gasteiger partial charge on any atom is 0.290 e. The number of furan rings is 1. The molecule has 1 aliphatic carbocycles. The summed E-state index contributed by atoms with van der Waals surface area (Å²) in [5.41, 5.74) is 0.363. The molecular weight excluding hydrogens is 304 g/mol. The largest absolute Gasteiger partial charge is 0.459 e. The van der Waals surface area contributed by atoms with Crippen LogP contribution in [0.15, 0.2) is 22.8 Å². The third kappa shape index (κ3) is 2.74. The molecule has 3 aliphatic rings. The number of nitrogens with zero attached hydrogens (tertiary/aromatic N) is 2. The highest BCUT2D eigenvalue weighted by molar-refractivity contribution is 5.96. The summed E-state index contributed by atoms with van der Waals surface area (Å²) < 4.78 is 5.24. The summed E-state index contributed by atoms with van der Waals surface area (Å²) in [5.74, 6) is 0.331. The molecule has 0 radical (unpaired) electrons. The Kier molecular flexibility index (Phi) is 4.10. The Bertz CT molecular complexity index is 604. The molecule has 2 amide bonds. The van der Waals surface area contributed by atoms with E-state index in [0.29, 0.717) is 17.7 Å². The third-order valence-corrected chi connectivity index (χ3v) is 6.19. The minimum Gasteiger partial charge on any atom is -0.459 e. The van der Waals surface area contributed by atoms with Crippen LogP contribution in [-0.2, 0) is 4.79 Å². The molecule has 130 valence electrons. The third-order valence-electron chi connectivity index (χ3n) is 6.19. The number of hydrogen-bond acceptors (Lipinski definition) is 3. The van der Waals surface area contributed by atoms with Crippen molar-refractivity contribution in [2.75, 3.05) is 19.6 Å². The van der Waals surface area contributed by atoms with Gasteiger partial charge in [-0.3, -0.25) is 9.59 Å². The van der Waals surface area contributed by atoms with Crippen molar-refractivity contribution in [2.24, 2.45) is 5.41 Å². The maximum absolute atomic E-state index is 13.1. The summed E-state index contributed by atoms with van der Waals surface area (Å²) in [5, 5.41) is 0. The molecule has 2 saturated heterocycles. The predicted octanol–water partition coefficient (Wildman–Crippen LogP) is 3.07. The van der Waals surface area contributed by atoms with Crippen molar-refractivity contribution in [2.45, 2.75) is 57.4 Å². The molecule has 3 heterocycles. The smallest absolute Gasteiger partial charge is 0.290 e. The minimum absolute atomic E-state index is 0.148. The molecule has 0 bridgehead atoms. The van der Waals surface area contributed by atoms with Crippen molar-refractivity contribution in [3.8, 4) is 0 Å². The first-order valence-corrected chi connectivity index (χ1v) is 9.32. The van der Waals surface area contributed by atoms with Crippen LogP contribution in [-0.4, -0.2) is 47.3 Å². The van der Waals surface area contributed by atoms with Gasteiger partial charge in [0.1, 0.15) is 6.04 Å². The van der Waals surface area contributed by atoms with Crippen LogP contribution < -0.4 is 0 Å². The number of carbonyl (C=O) groups excluding carboxylic acids is 2. The maximum atomic E-state index is 13.1. The lowest BCUT2D eigenvalue weighted by Gasteiger charge is -2.34. The van der Waals surface area contributed by atoms with Crippen molar-refractivity contribution < 1.29 is 14.0 Å². The van der Waals surface area contributed by atoms with E-state index < -0.39 is 0 Å². The van der Waals surface area contributed by atoms with Gasteiger partial charge in [-0.05, 0) is 49.7 Å². The molecule has 0 N–H and O–H groups in total. The van der Waals surface area contributed by atoms with Gasteiger partial charge in [-0.1, -0.05) is 19.3 Å². The van der Waals surface area contributed by atoms with Crippen molar-refractivity contribution in [1.82, 2.24) is 9.80 Å². The van der Waals surface area contributed by atoms with Gasteiger partial charge in [0.2, 0.25) is 5.91 Å². The quantitative estimate of drug-likeness (QED) is 0.837. The van der Waals surface area contributed by atoms with E-state index in [1.807, 2.05) is 4.90 Å². The Balaban J connectivity index is 1.45. The lowest BCUT2D eigenvalue weighted by molar-refractivity contribution is -0.134. The van der Waals surface area contributed by atoms with Crippen LogP contribution >= 0.6 is 0 Å². The van der Waals surface area contributed by atoms with E-state index in [4.69, 9.17) is 4.42 Å². The van der Waals surface area contributed by atoms with Crippen LogP contribution in [0.4, 0.5) is 0 Å². The van der Waals surface area contributed by atoms with Gasteiger partial charge in [0.15, 0.2) is 5.76 Å². The highest BCUT2D eigenvalue weighted by Gasteiger charge is 2.44. The molecule has 0 aromatic carbocycles. The normalized spacial score (nSPS) is 26.2. The summed E-state index contributed by atoms with van der Waals surface area (Å²) in [6, 6.07) is 3.09. The number of carbonyl (C=O) groups is 2. The summed E-state index contributed by atoms with van der Waals surface area (Å²) in [7, 11) is 0. The monoisotopic (exact) mass is 330 g/mol. The average molecular weight is 330 g/mol. The van der Waals surface area contributed by atoms with E-state index in [1.54, 1.807) is 17.0 Å². The van der Waals surface area contributed by atoms with E-state index >= 15 is 0 Å². The Morgan fingerprint density at radius 3 is 2.67 bits per heavy atom. The lowest BCUT2D eigenvalue weighted by Crippen LogP contribution is -2.47. The van der Waals surface area contributed by atoms with Gasteiger partial charge in [0.25, 0.3) is 5.91 Å². The molecule has 1 aromatic rings. The molecule has 24 heavy (non-hydrogen) atoms. The minimum atomic E-state index is -0.304. The summed E-state index contributed by atoms with van der Waals surface area (Å²) in [6.45, 7) is 2.40. The Morgan fingerprint density at radius 1 is 1.08 bits per heavy atom. The lowest BCUT2D eigenvalue weighted by atomic mass is 9.73. The van der Waals surface area contributed by atoms with E-state index in [9.17, 15) is 9.59 Å². The van der Waals surface area contributed by atoms with Crippen molar-refractivity contribution in [3.05, 3.63) is 24.2 Å². The van der Waals surface area contributed by atoms with E-state index in [1.165, 1.54) is 38.4 Å². The van der Waals surface area contributed by atoms with Gasteiger partial charge < -0.3 is 14.2 Å². The Hall–Kier alpha value is -1.78. The first-order chi connectivity index (χ1) is 11.7. The van der Waals surface area contributed by atoms with Crippen molar-refractivity contribution >= 4 is 11.8 Å². The zero-order valence-electron chi connectivity index (χ0n) is 14.2. The van der Waals surface area contributed by atoms with Gasteiger partial charge in [0.05, 0.1) is 6.26 Å². The highest BCUT2D eigenvalue weighted by Crippen LogP contribution is 2.44. The van der Waals surface area contributed by atoms with Crippen LogP contribution in [0.25, 0.3) is 0 Å². The molecule has 1 saturated carbocycles. The number of amides is 2. The molecule has 1 atom stereocenters. The van der Waals surface area contributed by atoms with Crippen LogP contribution in [0.2, 0.25) is 0 Å². The van der Waals surface area contributed by atoms with Crippen molar-refractivity contribution in [3.63, 3.8) is 0 Å². The first-order valence-electron chi connectivity index (χ1n) is 9.32. The van der Waals surface area contributed by atoms with Crippen molar-refractivity contribution in [1.29, 1.82) is 0 Å². The van der Waals surface area contributed by atoms with E-state index in [2.05, 4.69) is 0 Å². The standard InChI is InChI=1S/C19H26N2O3/c22-17(20-12-10-19(14-20)8-2-1-3-9-19)15-6-4-11-21(15)18(23)16-7-5-13-24-16/h5,7,13,15H,1-4,6,8-12,14H2/t15-/m1/s1. The predicted molar refractivity (Wildman–Crippen MR) is 89.5 cm³/mol. The molecule has 5 nitrogen and oxygen atoms in total. The van der Waals surface area contributed by atoms with Crippen LogP contribution in [0.1, 0.15) is 61.9 Å². The van der Waals surface area contributed by atoms with Crippen LogP contribution in [0.3, 0.4) is 0 Å². The fourth-order valence-electron chi connectivity index (χ4n) is 4.85. The molecule has 4 rings (SSSR count). The second-order valence-electron chi connectivity index (χ2n) is 7.70. The van der Waals surface area contributed by atoms with Crippen LogP contribution in [0.5, 0.6) is 0 Å². The summed E-state index contributed by atoms with van der Waals surface area (Å²) in [4.78, 5) is 29.4. The molecule has 5 heteroatoms. The highest BCUT2D eigenvalue weighted by atomic mass is 16.3. The molecule has 0 unspecified atom stereocenters. The van der Waals surface area contributed by atoms with Gasteiger partial charge >= 0.3 is 0 Å². The molecular formula is C19H26N2O3. The number of rotatable bonds is 2. The van der Waals surface area contributed by atoms with Gasteiger partial charge in [-0.2, -0.15) is 0 Å². The van der Waals surface area contributed by atoms with E-state index in [-0.39, 0.29) is 17.9 Å². The Morgan fingerprint density at radius 2 is 1.92 bits per heavy atom. The SMILES string of the molecule is O=C([C@H]1CCCN1C(=O)c1ccco1)N1CCC2(CCCCC2)C1. The molecule has 2 aliphatic heterocycles. The first kappa shape index (κ1) is 15.7. The summed E-state index contributed by atoms with van der Waals surface area (Å²) >= 11 is 0. The van der Waals surface area contributed by atoms with Gasteiger partial charge in [0, 0.05) is 19.6 Å². The molecule has 1 spiro atoms. The second-order valence-corrected chi connectivity index (χ2v) is 7.70. The molecule has 1 aromatic heterocycles. The zero-order chi connectivity index (χ0) is 16.6. The van der Waals surface area contributed by atoms with E-state index in [0.717, 1.165) is 32.4 Å². The fraction of sp³-hybridized carbons (Fsp3) is 0.684. The molecule has 3 fully saturated rings. The summed E-state index contributed by atoms with van der Waals surface area (Å²) in [6.07, 6.45) is 10.8.